The Morgan fingerprint density at radius 3 is 2.62 bits per heavy atom. The third-order valence-electron chi connectivity index (χ3n) is 5.01. The van der Waals surface area contributed by atoms with E-state index in [0.717, 1.165) is 5.56 Å². The van der Waals surface area contributed by atoms with Crippen molar-refractivity contribution in [3.63, 3.8) is 0 Å². The molecule has 1 aliphatic heterocycles. The Hall–Kier alpha value is -2.96. The summed E-state index contributed by atoms with van der Waals surface area (Å²) in [7, 11) is 0. The Balaban J connectivity index is 1.70. The van der Waals surface area contributed by atoms with Crippen LogP contribution in [0.4, 0.5) is 9.18 Å². The van der Waals surface area contributed by atoms with Gasteiger partial charge in [-0.25, -0.2) is 9.18 Å². The molecule has 1 saturated heterocycles. The standard InChI is InChI=1S/C22H26FN3O3/c1-22(2,18-12-6-7-13-24-18)25-20(27)19-17(23)11-8-14-26(19)21(28)29-15-16-9-4-3-5-10-16/h3-7,9-10,12-13,17,19H,8,11,14-15H2,1-2H3,(H,25,27)/t17-,19+/m1/s1. The fraction of sp³-hybridized carbons (Fsp3) is 0.409. The van der Waals surface area contributed by atoms with Crippen molar-refractivity contribution in [3.8, 4) is 0 Å². The predicted molar refractivity (Wildman–Crippen MR) is 107 cm³/mol. The molecule has 2 aromatic rings. The largest absolute Gasteiger partial charge is 0.445 e. The molecule has 0 unspecified atom stereocenters. The Bertz CT molecular complexity index is 830. The predicted octanol–water partition coefficient (Wildman–Crippen LogP) is 3.57. The summed E-state index contributed by atoms with van der Waals surface area (Å²) in [5.41, 5.74) is 0.666. The van der Waals surface area contributed by atoms with Crippen LogP contribution in [0.1, 0.15) is 37.9 Å². The Morgan fingerprint density at radius 1 is 1.21 bits per heavy atom. The highest BCUT2D eigenvalue weighted by atomic mass is 19.1. The number of hydrogen-bond acceptors (Lipinski definition) is 4. The Morgan fingerprint density at radius 2 is 1.93 bits per heavy atom. The first-order valence-corrected chi connectivity index (χ1v) is 9.73. The van der Waals surface area contributed by atoms with Gasteiger partial charge in [-0.2, -0.15) is 0 Å². The number of carbonyl (C=O) groups is 2. The number of pyridine rings is 1. The summed E-state index contributed by atoms with van der Waals surface area (Å²) in [5, 5.41) is 2.84. The zero-order chi connectivity index (χ0) is 20.9. The van der Waals surface area contributed by atoms with E-state index in [0.29, 0.717) is 12.1 Å². The third-order valence-corrected chi connectivity index (χ3v) is 5.01. The SMILES string of the molecule is CC(C)(NC(=O)[C@@H]1[C@H](F)CCCN1C(=O)OCc1ccccc1)c1ccccn1. The lowest BCUT2D eigenvalue weighted by molar-refractivity contribution is -0.131. The number of hydrogen-bond donors (Lipinski definition) is 1. The van der Waals surface area contributed by atoms with Gasteiger partial charge in [0.1, 0.15) is 18.8 Å². The summed E-state index contributed by atoms with van der Waals surface area (Å²) in [6, 6.07) is 13.4. The maximum atomic E-state index is 14.7. The van der Waals surface area contributed by atoms with E-state index in [9.17, 15) is 14.0 Å². The second kappa shape index (κ2) is 9.03. The van der Waals surface area contributed by atoms with Gasteiger partial charge in [-0.1, -0.05) is 36.4 Å². The van der Waals surface area contributed by atoms with Crippen LogP contribution in [0.15, 0.2) is 54.7 Å². The van der Waals surface area contributed by atoms with Crippen LogP contribution >= 0.6 is 0 Å². The summed E-state index contributed by atoms with van der Waals surface area (Å²) in [5.74, 6) is -0.551. The number of halogens is 1. The summed E-state index contributed by atoms with van der Waals surface area (Å²) in [6.07, 6.45) is 0.203. The molecule has 2 atom stereocenters. The molecule has 0 radical (unpaired) electrons. The smallest absolute Gasteiger partial charge is 0.410 e. The van der Waals surface area contributed by atoms with Gasteiger partial charge in [-0.15, -0.1) is 0 Å². The minimum Gasteiger partial charge on any atom is -0.445 e. The summed E-state index contributed by atoms with van der Waals surface area (Å²) in [4.78, 5) is 31.0. The lowest BCUT2D eigenvalue weighted by Gasteiger charge is -2.38. The first-order valence-electron chi connectivity index (χ1n) is 9.73. The van der Waals surface area contributed by atoms with Crippen LogP contribution in [0.2, 0.25) is 0 Å². The monoisotopic (exact) mass is 399 g/mol. The van der Waals surface area contributed by atoms with Gasteiger partial charge < -0.3 is 10.1 Å². The molecule has 1 aromatic heterocycles. The molecule has 0 bridgehead atoms. The highest BCUT2D eigenvalue weighted by Gasteiger charge is 2.42. The molecule has 3 rings (SSSR count). The molecule has 154 valence electrons. The molecule has 0 saturated carbocycles. The van der Waals surface area contributed by atoms with Gasteiger partial charge >= 0.3 is 6.09 Å². The molecule has 6 nitrogen and oxygen atoms in total. The average molecular weight is 399 g/mol. The molecule has 1 fully saturated rings. The lowest BCUT2D eigenvalue weighted by atomic mass is 9.95. The van der Waals surface area contributed by atoms with Crippen LogP contribution in [-0.4, -0.2) is 40.6 Å². The van der Waals surface area contributed by atoms with Gasteiger partial charge in [0.15, 0.2) is 0 Å². The van der Waals surface area contributed by atoms with Crippen molar-refractivity contribution in [2.24, 2.45) is 0 Å². The van der Waals surface area contributed by atoms with Crippen molar-refractivity contribution in [3.05, 3.63) is 66.0 Å². The molecule has 2 heterocycles. The quantitative estimate of drug-likeness (QED) is 0.834. The summed E-state index contributed by atoms with van der Waals surface area (Å²) < 4.78 is 20.1. The first-order chi connectivity index (χ1) is 13.9. The van der Waals surface area contributed by atoms with Crippen molar-refractivity contribution >= 4 is 12.0 Å². The van der Waals surface area contributed by atoms with E-state index in [-0.39, 0.29) is 19.6 Å². The fourth-order valence-electron chi connectivity index (χ4n) is 3.44. The second-order valence-corrected chi connectivity index (χ2v) is 7.67. The average Bonchev–Trinajstić information content (AvgIpc) is 2.72. The van der Waals surface area contributed by atoms with Gasteiger partial charge in [-0.3, -0.25) is 14.7 Å². The van der Waals surface area contributed by atoms with Crippen LogP contribution < -0.4 is 5.32 Å². The minimum atomic E-state index is -1.45. The zero-order valence-corrected chi connectivity index (χ0v) is 16.7. The zero-order valence-electron chi connectivity index (χ0n) is 16.7. The normalized spacial score (nSPS) is 19.5. The number of aromatic nitrogens is 1. The van der Waals surface area contributed by atoms with E-state index in [1.54, 1.807) is 32.2 Å². The van der Waals surface area contributed by atoms with Crippen LogP contribution in [0.25, 0.3) is 0 Å². The van der Waals surface area contributed by atoms with E-state index in [1.165, 1.54) is 4.90 Å². The highest BCUT2D eigenvalue weighted by molar-refractivity contribution is 5.87. The highest BCUT2D eigenvalue weighted by Crippen LogP contribution is 2.24. The molecule has 1 aromatic carbocycles. The maximum Gasteiger partial charge on any atom is 0.410 e. The minimum absolute atomic E-state index is 0.0703. The van der Waals surface area contributed by atoms with E-state index < -0.39 is 29.8 Å². The number of amides is 2. The van der Waals surface area contributed by atoms with Gasteiger partial charge in [0, 0.05) is 12.7 Å². The number of piperidine rings is 1. The molecular formula is C22H26FN3O3. The Kier molecular flexibility index (Phi) is 6.46. The number of alkyl halides is 1. The lowest BCUT2D eigenvalue weighted by Crippen LogP contribution is -2.59. The second-order valence-electron chi connectivity index (χ2n) is 7.67. The van der Waals surface area contributed by atoms with E-state index in [1.807, 2.05) is 36.4 Å². The molecule has 0 spiro atoms. The molecule has 2 amide bonds. The number of carbonyl (C=O) groups excluding carboxylic acids is 2. The topological polar surface area (TPSA) is 71.5 Å². The first kappa shape index (κ1) is 20.8. The van der Waals surface area contributed by atoms with Crippen molar-refractivity contribution < 1.29 is 18.7 Å². The number of likely N-dealkylation sites (tertiary alicyclic amines) is 1. The van der Waals surface area contributed by atoms with Crippen molar-refractivity contribution in [2.45, 2.75) is 51.0 Å². The van der Waals surface area contributed by atoms with Gasteiger partial charge in [0.25, 0.3) is 0 Å². The third kappa shape index (κ3) is 5.10. The van der Waals surface area contributed by atoms with E-state index in [4.69, 9.17) is 4.74 Å². The maximum absolute atomic E-state index is 14.7. The molecule has 1 N–H and O–H groups in total. The van der Waals surface area contributed by atoms with Crippen LogP contribution in [-0.2, 0) is 21.7 Å². The molecule has 29 heavy (non-hydrogen) atoms. The number of rotatable bonds is 5. The van der Waals surface area contributed by atoms with Gasteiger partial charge in [0.05, 0.1) is 11.2 Å². The molecule has 1 aliphatic rings. The molecular weight excluding hydrogens is 373 g/mol. The fourth-order valence-corrected chi connectivity index (χ4v) is 3.44. The van der Waals surface area contributed by atoms with Crippen molar-refractivity contribution in [1.82, 2.24) is 15.2 Å². The number of ether oxygens (including phenoxy) is 1. The number of nitrogens with one attached hydrogen (secondary N) is 1. The summed E-state index contributed by atoms with van der Waals surface area (Å²) in [6.45, 7) is 3.93. The Labute approximate surface area is 170 Å². The van der Waals surface area contributed by atoms with Gasteiger partial charge in [-0.05, 0) is 44.4 Å². The van der Waals surface area contributed by atoms with E-state index in [2.05, 4.69) is 10.3 Å². The van der Waals surface area contributed by atoms with Crippen molar-refractivity contribution in [2.75, 3.05) is 6.54 Å². The van der Waals surface area contributed by atoms with Crippen molar-refractivity contribution in [1.29, 1.82) is 0 Å². The summed E-state index contributed by atoms with van der Waals surface area (Å²) >= 11 is 0. The molecule has 0 aliphatic carbocycles. The van der Waals surface area contributed by atoms with Crippen LogP contribution in [0, 0.1) is 0 Å². The number of nitrogens with zero attached hydrogens (tertiary/aromatic N) is 2. The van der Waals surface area contributed by atoms with Gasteiger partial charge in [0.2, 0.25) is 5.91 Å². The number of benzene rings is 1. The molecule has 7 heteroatoms. The van der Waals surface area contributed by atoms with Crippen LogP contribution in [0.3, 0.4) is 0 Å². The van der Waals surface area contributed by atoms with E-state index >= 15 is 0 Å². The van der Waals surface area contributed by atoms with Crippen LogP contribution in [0.5, 0.6) is 0 Å².